The Balaban J connectivity index is 1.42. The highest BCUT2D eigenvalue weighted by Crippen LogP contribution is 2.42. The first-order chi connectivity index (χ1) is 21.6. The Kier molecular flexibility index (Phi) is 4.08. The fourth-order valence-electron chi connectivity index (χ4n) is 5.91. The molecule has 0 N–H and O–H groups in total. The Hall–Kier alpha value is -3.98. The van der Waals surface area contributed by atoms with Crippen molar-refractivity contribution in [1.29, 1.82) is 0 Å². The number of hydrogen-bond acceptors (Lipinski definition) is 2. The van der Waals surface area contributed by atoms with E-state index in [0.29, 0.717) is 22.4 Å². The van der Waals surface area contributed by atoms with Crippen molar-refractivity contribution in [2.75, 3.05) is 0 Å². The third kappa shape index (κ3) is 4.12. The molecule has 0 atom stereocenters. The summed E-state index contributed by atoms with van der Waals surface area (Å²) in [5.74, 6) is -1.14. The molecule has 2 aromatic heterocycles. The Labute approximate surface area is 238 Å². The van der Waals surface area contributed by atoms with Gasteiger partial charge in [0.1, 0.15) is 16.8 Å². The zero-order valence-electron chi connectivity index (χ0n) is 28.6. The molecule has 0 radical (unpaired) electrons. The fraction of sp³-hybridized carbons (Fsp3) is 0.250. The third-order valence-corrected chi connectivity index (χ3v) is 8.18. The standard InChI is InChI=1S/C36H32FNO/c1-22-19-26(24-15-17-36(3,37)18-16-24)12-13-27(22)32-20-33(38-21-23(32)2)31-10-6-9-29-30-14-11-25-7-4-5-8-28(25)34(30)39-35(29)31/h4-14,19-21,24H,15-18H2,1-3H3/i1D3,2D3,24D. The summed E-state index contributed by atoms with van der Waals surface area (Å²) in [4.78, 5) is 4.57. The minimum atomic E-state index is -2.61. The Morgan fingerprint density at radius 2 is 1.62 bits per heavy atom. The van der Waals surface area contributed by atoms with Gasteiger partial charge < -0.3 is 4.42 Å². The quantitative estimate of drug-likeness (QED) is 0.232. The first-order valence-electron chi connectivity index (χ1n) is 16.8. The Bertz CT molecular complexity index is 2140. The molecule has 0 saturated heterocycles. The molecule has 6 aromatic rings. The molecule has 194 valence electrons. The van der Waals surface area contributed by atoms with E-state index in [9.17, 15) is 4.39 Å². The lowest BCUT2D eigenvalue weighted by atomic mass is 9.77. The number of aryl methyl sites for hydroxylation is 2. The van der Waals surface area contributed by atoms with Gasteiger partial charge in [-0.05, 0) is 104 Å². The summed E-state index contributed by atoms with van der Waals surface area (Å²) in [7, 11) is 0. The molecular formula is C36H32FNO. The van der Waals surface area contributed by atoms with Crippen LogP contribution in [0.4, 0.5) is 4.39 Å². The number of para-hydroxylation sites is 1. The lowest BCUT2D eigenvalue weighted by molar-refractivity contribution is 0.120. The maximum atomic E-state index is 14.6. The molecule has 1 fully saturated rings. The average Bonchev–Trinajstić information content (AvgIpc) is 3.41. The predicted octanol–water partition coefficient (Wildman–Crippen LogP) is 10.5. The van der Waals surface area contributed by atoms with Crippen molar-refractivity contribution in [1.82, 2.24) is 4.98 Å². The molecule has 2 nitrogen and oxygen atoms in total. The van der Waals surface area contributed by atoms with Gasteiger partial charge in [0, 0.05) is 37.5 Å². The second kappa shape index (κ2) is 9.05. The SMILES string of the molecule is [2H]C([2H])([2H])c1cnc(-c2cccc3c2oc2c4ccccc4ccc32)cc1-c1ccc(C2([2H])CCC(C)(F)CC2)cc1C([2H])([2H])[2H]. The zero-order chi connectivity index (χ0) is 32.6. The fourth-order valence-corrected chi connectivity index (χ4v) is 5.91. The van der Waals surface area contributed by atoms with Crippen molar-refractivity contribution in [3.05, 3.63) is 102 Å². The molecular weight excluding hydrogens is 481 g/mol. The van der Waals surface area contributed by atoms with Gasteiger partial charge in [0.2, 0.25) is 0 Å². The number of rotatable bonds is 3. The Morgan fingerprint density at radius 3 is 2.46 bits per heavy atom. The average molecular weight is 521 g/mol. The van der Waals surface area contributed by atoms with Crippen molar-refractivity contribution in [2.24, 2.45) is 0 Å². The van der Waals surface area contributed by atoms with E-state index in [1.165, 1.54) is 19.2 Å². The number of halogens is 1. The summed E-state index contributed by atoms with van der Waals surface area (Å²) in [6, 6.07) is 24.1. The summed E-state index contributed by atoms with van der Waals surface area (Å²) >= 11 is 0. The topological polar surface area (TPSA) is 26.0 Å². The van der Waals surface area contributed by atoms with Crippen LogP contribution in [0.3, 0.4) is 0 Å². The number of furan rings is 1. The van der Waals surface area contributed by atoms with Crippen LogP contribution >= 0.6 is 0 Å². The van der Waals surface area contributed by atoms with Gasteiger partial charge in [0.15, 0.2) is 0 Å². The highest BCUT2D eigenvalue weighted by molar-refractivity contribution is 6.17. The van der Waals surface area contributed by atoms with Crippen LogP contribution in [0.25, 0.3) is 55.1 Å². The van der Waals surface area contributed by atoms with Gasteiger partial charge in [-0.1, -0.05) is 60.7 Å². The number of pyridine rings is 1. The summed E-state index contributed by atoms with van der Waals surface area (Å²) in [6.07, 6.45) is 2.23. The lowest BCUT2D eigenvalue weighted by Crippen LogP contribution is -2.25. The molecule has 39 heavy (non-hydrogen) atoms. The molecule has 1 saturated carbocycles. The molecule has 2 heterocycles. The molecule has 4 aromatic carbocycles. The number of nitrogens with zero attached hydrogens (tertiary/aromatic N) is 1. The van der Waals surface area contributed by atoms with Crippen LogP contribution in [0, 0.1) is 13.7 Å². The minimum absolute atomic E-state index is 0.0544. The highest BCUT2D eigenvalue weighted by Gasteiger charge is 2.31. The second-order valence-corrected chi connectivity index (χ2v) is 10.8. The molecule has 0 unspecified atom stereocenters. The van der Waals surface area contributed by atoms with E-state index in [1.807, 2.05) is 54.6 Å². The maximum absolute atomic E-state index is 14.6. The molecule has 0 bridgehead atoms. The zero-order valence-corrected chi connectivity index (χ0v) is 21.6. The van der Waals surface area contributed by atoms with Crippen LogP contribution in [0.1, 0.15) is 64.8 Å². The van der Waals surface area contributed by atoms with E-state index in [2.05, 4.69) is 4.98 Å². The second-order valence-electron chi connectivity index (χ2n) is 10.8. The number of aromatic nitrogens is 1. The molecule has 3 heteroatoms. The monoisotopic (exact) mass is 520 g/mol. The van der Waals surface area contributed by atoms with Gasteiger partial charge in [0.25, 0.3) is 0 Å². The van der Waals surface area contributed by atoms with Gasteiger partial charge >= 0.3 is 0 Å². The van der Waals surface area contributed by atoms with Crippen LogP contribution in [0.5, 0.6) is 0 Å². The van der Waals surface area contributed by atoms with Gasteiger partial charge in [-0.3, -0.25) is 4.98 Å². The van der Waals surface area contributed by atoms with E-state index in [4.69, 9.17) is 14.0 Å². The summed E-state index contributed by atoms with van der Waals surface area (Å²) in [5.41, 5.74) is 1.86. The van der Waals surface area contributed by atoms with E-state index < -0.39 is 25.3 Å². The third-order valence-electron chi connectivity index (χ3n) is 8.18. The molecule has 1 aliphatic carbocycles. The van der Waals surface area contributed by atoms with Crippen molar-refractivity contribution in [3.8, 4) is 22.4 Å². The smallest absolute Gasteiger partial charge is 0.144 e. The largest absolute Gasteiger partial charge is 0.455 e. The van der Waals surface area contributed by atoms with Gasteiger partial charge in [-0.15, -0.1) is 0 Å². The first-order valence-corrected chi connectivity index (χ1v) is 13.3. The van der Waals surface area contributed by atoms with Crippen molar-refractivity contribution >= 4 is 32.7 Å². The first kappa shape index (κ1) is 17.6. The predicted molar refractivity (Wildman–Crippen MR) is 160 cm³/mol. The number of alkyl halides is 1. The highest BCUT2D eigenvalue weighted by atomic mass is 19.1. The van der Waals surface area contributed by atoms with E-state index in [1.54, 1.807) is 18.2 Å². The van der Waals surface area contributed by atoms with Gasteiger partial charge in [0.05, 0.1) is 5.69 Å². The summed E-state index contributed by atoms with van der Waals surface area (Å²) in [6.45, 7) is -3.66. The minimum Gasteiger partial charge on any atom is -0.455 e. The maximum Gasteiger partial charge on any atom is 0.144 e. The molecule has 1 aliphatic rings. The molecule has 0 aliphatic heterocycles. The van der Waals surface area contributed by atoms with Gasteiger partial charge in [-0.2, -0.15) is 0 Å². The van der Waals surface area contributed by atoms with Crippen LogP contribution in [0.2, 0.25) is 0 Å². The van der Waals surface area contributed by atoms with Crippen molar-refractivity contribution < 1.29 is 18.4 Å². The van der Waals surface area contributed by atoms with Crippen LogP contribution in [0.15, 0.2) is 89.5 Å². The molecule has 0 amide bonds. The number of benzene rings is 4. The van der Waals surface area contributed by atoms with E-state index in [-0.39, 0.29) is 47.9 Å². The van der Waals surface area contributed by atoms with Crippen LogP contribution < -0.4 is 0 Å². The summed E-state index contributed by atoms with van der Waals surface area (Å²) in [5, 5.41) is 3.83. The van der Waals surface area contributed by atoms with E-state index >= 15 is 0 Å². The number of fused-ring (bicyclic) bond motifs is 5. The van der Waals surface area contributed by atoms with Crippen molar-refractivity contribution in [2.45, 2.75) is 57.9 Å². The number of hydrogen-bond donors (Lipinski definition) is 0. The van der Waals surface area contributed by atoms with Crippen LogP contribution in [-0.4, -0.2) is 10.7 Å². The van der Waals surface area contributed by atoms with Gasteiger partial charge in [-0.25, -0.2) is 4.39 Å². The molecule has 0 spiro atoms. The summed E-state index contributed by atoms with van der Waals surface area (Å²) < 4.78 is 80.3. The lowest BCUT2D eigenvalue weighted by Gasteiger charge is -2.31. The van der Waals surface area contributed by atoms with Crippen molar-refractivity contribution in [3.63, 3.8) is 0 Å². The van der Waals surface area contributed by atoms with E-state index in [0.717, 1.165) is 27.1 Å². The Morgan fingerprint density at radius 1 is 0.821 bits per heavy atom. The van der Waals surface area contributed by atoms with Crippen LogP contribution in [-0.2, 0) is 0 Å². The molecule has 7 rings (SSSR count). The normalized spacial score (nSPS) is 24.9.